The van der Waals surface area contributed by atoms with Gasteiger partial charge in [0.1, 0.15) is 5.82 Å². The van der Waals surface area contributed by atoms with Crippen LogP contribution < -0.4 is 0 Å². The Labute approximate surface area is 72.8 Å². The molecule has 1 atom stereocenters. The first-order valence-corrected chi connectivity index (χ1v) is 4.31. The lowest BCUT2D eigenvalue weighted by Crippen LogP contribution is -2.20. The van der Waals surface area contributed by atoms with Gasteiger partial charge < -0.3 is 4.98 Å². The molecule has 1 aromatic heterocycles. The van der Waals surface area contributed by atoms with Gasteiger partial charge in [0, 0.05) is 18.9 Å². The Bertz CT molecular complexity index is 230. The summed E-state index contributed by atoms with van der Waals surface area (Å²) in [5.74, 6) is 1.39. The SMILES string of the molecule is [CH]C1CCN(Cc2ncc[nH]2)C1. The maximum absolute atomic E-state index is 5.78. The lowest BCUT2D eigenvalue weighted by Gasteiger charge is -2.12. The fourth-order valence-electron chi connectivity index (χ4n) is 1.60. The molecule has 2 radical (unpaired) electrons. The molecule has 1 fully saturated rings. The van der Waals surface area contributed by atoms with Crippen molar-refractivity contribution in [1.82, 2.24) is 14.9 Å². The van der Waals surface area contributed by atoms with E-state index in [2.05, 4.69) is 14.9 Å². The summed E-state index contributed by atoms with van der Waals surface area (Å²) in [7, 11) is 0. The molecule has 0 aliphatic carbocycles. The maximum atomic E-state index is 5.78. The Balaban J connectivity index is 1.88. The number of rotatable bonds is 2. The standard InChI is InChI=1S/C9H13N3/c1-8-2-5-12(6-8)7-9-10-3-4-11-9/h1,3-4,8H,2,5-7H2,(H,10,11). The number of nitrogens with one attached hydrogen (secondary N) is 1. The van der Waals surface area contributed by atoms with Gasteiger partial charge in [0.25, 0.3) is 0 Å². The molecule has 1 N–H and O–H groups in total. The molecule has 1 aliphatic heterocycles. The number of aromatic amines is 1. The number of likely N-dealkylation sites (tertiary alicyclic amines) is 1. The second-order valence-electron chi connectivity index (χ2n) is 3.32. The van der Waals surface area contributed by atoms with Crippen LogP contribution in [0.15, 0.2) is 12.4 Å². The van der Waals surface area contributed by atoms with Crippen LogP contribution in [-0.2, 0) is 6.54 Å². The summed E-state index contributed by atoms with van der Waals surface area (Å²) >= 11 is 0. The van der Waals surface area contributed by atoms with Gasteiger partial charge >= 0.3 is 0 Å². The molecule has 2 rings (SSSR count). The maximum Gasteiger partial charge on any atom is 0.120 e. The summed E-state index contributed by atoms with van der Waals surface area (Å²) in [6, 6.07) is 0. The van der Waals surface area contributed by atoms with Gasteiger partial charge in [-0.2, -0.15) is 0 Å². The monoisotopic (exact) mass is 163 g/mol. The van der Waals surface area contributed by atoms with Crippen molar-refractivity contribution in [2.45, 2.75) is 13.0 Å². The summed E-state index contributed by atoms with van der Waals surface area (Å²) in [6.07, 6.45) is 4.75. The van der Waals surface area contributed by atoms with Crippen LogP contribution in [0.3, 0.4) is 0 Å². The molecule has 1 aromatic rings. The second-order valence-corrected chi connectivity index (χ2v) is 3.32. The number of hydrogen-bond acceptors (Lipinski definition) is 2. The van der Waals surface area contributed by atoms with Crippen LogP contribution in [0.1, 0.15) is 12.2 Å². The molecule has 3 nitrogen and oxygen atoms in total. The van der Waals surface area contributed by atoms with Gasteiger partial charge in [0.2, 0.25) is 0 Å². The van der Waals surface area contributed by atoms with Crippen molar-refractivity contribution in [3.63, 3.8) is 0 Å². The van der Waals surface area contributed by atoms with Crippen LogP contribution in [-0.4, -0.2) is 28.0 Å². The molecule has 1 saturated heterocycles. The molecular weight excluding hydrogens is 150 g/mol. The van der Waals surface area contributed by atoms with Crippen molar-refractivity contribution < 1.29 is 0 Å². The van der Waals surface area contributed by atoms with E-state index >= 15 is 0 Å². The Kier molecular flexibility index (Phi) is 2.13. The van der Waals surface area contributed by atoms with Crippen LogP contribution in [0, 0.1) is 12.8 Å². The third kappa shape index (κ3) is 1.67. The van der Waals surface area contributed by atoms with Crippen LogP contribution in [0.25, 0.3) is 0 Å². The number of nitrogens with zero attached hydrogens (tertiary/aromatic N) is 2. The number of hydrogen-bond donors (Lipinski definition) is 1. The first-order chi connectivity index (χ1) is 5.84. The van der Waals surface area contributed by atoms with Gasteiger partial charge in [-0.1, -0.05) is 0 Å². The predicted octanol–water partition coefficient (Wildman–Crippen LogP) is 0.943. The highest BCUT2D eigenvalue weighted by Crippen LogP contribution is 2.15. The van der Waals surface area contributed by atoms with E-state index in [0.29, 0.717) is 5.92 Å². The topological polar surface area (TPSA) is 31.9 Å². The van der Waals surface area contributed by atoms with E-state index in [-0.39, 0.29) is 0 Å². The highest BCUT2D eigenvalue weighted by molar-refractivity contribution is 4.89. The molecule has 0 amide bonds. The number of H-pyrrole nitrogens is 1. The van der Waals surface area contributed by atoms with Crippen LogP contribution in [0.5, 0.6) is 0 Å². The van der Waals surface area contributed by atoms with Crippen molar-refractivity contribution in [2.24, 2.45) is 5.92 Å². The Hall–Kier alpha value is -0.830. The average molecular weight is 163 g/mol. The van der Waals surface area contributed by atoms with Crippen molar-refractivity contribution >= 4 is 0 Å². The second kappa shape index (κ2) is 3.27. The third-order valence-electron chi connectivity index (χ3n) is 2.24. The molecule has 12 heavy (non-hydrogen) atoms. The molecule has 3 heteroatoms. The summed E-state index contributed by atoms with van der Waals surface area (Å²) in [5, 5.41) is 0. The highest BCUT2D eigenvalue weighted by Gasteiger charge is 2.18. The molecule has 64 valence electrons. The first kappa shape index (κ1) is 7.80. The lowest BCUT2D eigenvalue weighted by molar-refractivity contribution is 0.316. The van der Waals surface area contributed by atoms with E-state index in [1.165, 1.54) is 0 Å². The molecule has 0 saturated carbocycles. The Morgan fingerprint density at radius 1 is 1.75 bits per heavy atom. The van der Waals surface area contributed by atoms with Crippen LogP contribution >= 0.6 is 0 Å². The molecule has 0 spiro atoms. The summed E-state index contributed by atoms with van der Waals surface area (Å²) in [5.41, 5.74) is 0. The van der Waals surface area contributed by atoms with E-state index < -0.39 is 0 Å². The smallest absolute Gasteiger partial charge is 0.120 e. The fourth-order valence-corrected chi connectivity index (χ4v) is 1.60. The van der Waals surface area contributed by atoms with Gasteiger partial charge in [-0.15, -0.1) is 0 Å². The zero-order valence-electron chi connectivity index (χ0n) is 7.03. The third-order valence-corrected chi connectivity index (χ3v) is 2.24. The molecule has 0 bridgehead atoms. The normalized spacial score (nSPS) is 24.9. The number of aromatic nitrogens is 2. The fraction of sp³-hybridized carbons (Fsp3) is 0.556. The molecule has 2 heterocycles. The van der Waals surface area contributed by atoms with Crippen LogP contribution in [0.2, 0.25) is 0 Å². The van der Waals surface area contributed by atoms with Crippen molar-refractivity contribution in [2.75, 3.05) is 13.1 Å². The van der Waals surface area contributed by atoms with Gasteiger partial charge in [0.05, 0.1) is 6.54 Å². The van der Waals surface area contributed by atoms with Crippen molar-refractivity contribution in [3.8, 4) is 0 Å². The molecular formula is C9H13N3. The van der Waals surface area contributed by atoms with E-state index in [4.69, 9.17) is 6.92 Å². The van der Waals surface area contributed by atoms with Gasteiger partial charge in [0.15, 0.2) is 0 Å². The summed E-state index contributed by atoms with van der Waals surface area (Å²) < 4.78 is 0. The van der Waals surface area contributed by atoms with E-state index in [1.54, 1.807) is 6.20 Å². The predicted molar refractivity (Wildman–Crippen MR) is 46.3 cm³/mol. The van der Waals surface area contributed by atoms with E-state index in [9.17, 15) is 0 Å². The quantitative estimate of drug-likeness (QED) is 0.703. The number of imidazole rings is 1. The summed E-state index contributed by atoms with van der Waals surface area (Å²) in [6.45, 7) is 8.79. The van der Waals surface area contributed by atoms with E-state index in [0.717, 1.165) is 31.9 Å². The molecule has 1 aliphatic rings. The van der Waals surface area contributed by atoms with Gasteiger partial charge in [-0.25, -0.2) is 4.98 Å². The highest BCUT2D eigenvalue weighted by atomic mass is 15.2. The van der Waals surface area contributed by atoms with Gasteiger partial charge in [-0.05, 0) is 25.8 Å². The first-order valence-electron chi connectivity index (χ1n) is 4.31. The largest absolute Gasteiger partial charge is 0.348 e. The lowest BCUT2D eigenvalue weighted by atomic mass is 10.2. The Morgan fingerprint density at radius 2 is 2.67 bits per heavy atom. The van der Waals surface area contributed by atoms with Crippen molar-refractivity contribution in [1.29, 1.82) is 0 Å². The molecule has 1 unspecified atom stereocenters. The Morgan fingerprint density at radius 3 is 3.25 bits per heavy atom. The minimum Gasteiger partial charge on any atom is -0.348 e. The minimum atomic E-state index is 0.361. The molecule has 0 aromatic carbocycles. The zero-order chi connectivity index (χ0) is 8.39. The van der Waals surface area contributed by atoms with Crippen molar-refractivity contribution in [3.05, 3.63) is 25.1 Å². The minimum absolute atomic E-state index is 0.361. The van der Waals surface area contributed by atoms with Crippen LogP contribution in [0.4, 0.5) is 0 Å². The average Bonchev–Trinajstić information content (AvgIpc) is 2.63. The van der Waals surface area contributed by atoms with E-state index in [1.807, 2.05) is 6.20 Å². The zero-order valence-corrected chi connectivity index (χ0v) is 7.03. The summed E-state index contributed by atoms with van der Waals surface area (Å²) in [4.78, 5) is 9.57. The van der Waals surface area contributed by atoms with Gasteiger partial charge in [-0.3, -0.25) is 4.90 Å².